The number of fused-ring (bicyclic) bond motifs is 1. The molecule has 3 aromatic carbocycles. The van der Waals surface area contributed by atoms with Gasteiger partial charge in [-0.05, 0) is 61.5 Å². The minimum absolute atomic E-state index is 0.0884. The van der Waals surface area contributed by atoms with Gasteiger partial charge in [-0.3, -0.25) is 14.4 Å². The first-order valence-corrected chi connectivity index (χ1v) is 10.0. The van der Waals surface area contributed by atoms with Crippen molar-refractivity contribution in [2.24, 2.45) is 0 Å². The third-order valence-corrected chi connectivity index (χ3v) is 5.34. The van der Waals surface area contributed by atoms with E-state index in [0.717, 1.165) is 4.90 Å². The van der Waals surface area contributed by atoms with E-state index in [1.54, 1.807) is 55.5 Å². The molecule has 5 rings (SSSR count). The molecular formula is C24H16FN5O3. The summed E-state index contributed by atoms with van der Waals surface area (Å²) in [5.41, 5.74) is 2.51. The van der Waals surface area contributed by atoms with Gasteiger partial charge in [0, 0.05) is 5.69 Å². The third kappa shape index (κ3) is 3.45. The number of halogens is 1. The summed E-state index contributed by atoms with van der Waals surface area (Å²) < 4.78 is 14.6. The van der Waals surface area contributed by atoms with Crippen LogP contribution >= 0.6 is 0 Å². The van der Waals surface area contributed by atoms with Crippen LogP contribution in [0.1, 0.15) is 36.9 Å². The van der Waals surface area contributed by atoms with Crippen LogP contribution in [0.4, 0.5) is 15.8 Å². The Morgan fingerprint density at radius 1 is 0.879 bits per heavy atom. The predicted molar refractivity (Wildman–Crippen MR) is 118 cm³/mol. The van der Waals surface area contributed by atoms with Gasteiger partial charge in [0.15, 0.2) is 5.69 Å². The SMILES string of the molecule is Cc1c(C(=O)Nc2cccc(N3C(=O)c4ccccc4C3=O)c2)nnn1-c1ccc(F)cc1. The molecule has 1 aliphatic rings. The summed E-state index contributed by atoms with van der Waals surface area (Å²) in [6, 6.07) is 18.7. The molecule has 1 aliphatic heterocycles. The van der Waals surface area contributed by atoms with Crippen molar-refractivity contribution in [3.8, 4) is 5.69 Å². The van der Waals surface area contributed by atoms with Crippen LogP contribution < -0.4 is 10.2 Å². The monoisotopic (exact) mass is 441 g/mol. The average Bonchev–Trinajstić information content (AvgIpc) is 3.32. The molecule has 1 N–H and O–H groups in total. The van der Waals surface area contributed by atoms with Crippen LogP contribution in [0.15, 0.2) is 72.8 Å². The molecule has 4 aromatic rings. The molecule has 1 aromatic heterocycles. The Morgan fingerprint density at radius 2 is 1.55 bits per heavy atom. The van der Waals surface area contributed by atoms with Crippen molar-refractivity contribution in [2.75, 3.05) is 10.2 Å². The highest BCUT2D eigenvalue weighted by Crippen LogP contribution is 2.30. The second-order valence-corrected chi connectivity index (χ2v) is 7.41. The Hall–Kier alpha value is -4.66. The van der Waals surface area contributed by atoms with Gasteiger partial charge in [0.2, 0.25) is 0 Å². The topological polar surface area (TPSA) is 97.2 Å². The number of rotatable bonds is 4. The lowest BCUT2D eigenvalue weighted by Gasteiger charge is -2.15. The van der Waals surface area contributed by atoms with Crippen LogP contribution in [0.3, 0.4) is 0 Å². The molecule has 0 bridgehead atoms. The number of hydrogen-bond donors (Lipinski definition) is 1. The first kappa shape index (κ1) is 20.3. The molecule has 2 heterocycles. The molecule has 0 fully saturated rings. The Kier molecular flexibility index (Phi) is 4.78. The van der Waals surface area contributed by atoms with Crippen molar-refractivity contribution in [3.63, 3.8) is 0 Å². The zero-order valence-corrected chi connectivity index (χ0v) is 17.3. The van der Waals surface area contributed by atoms with E-state index < -0.39 is 17.7 Å². The maximum atomic E-state index is 13.2. The first-order chi connectivity index (χ1) is 15.9. The number of nitrogens with zero attached hydrogens (tertiary/aromatic N) is 4. The lowest BCUT2D eigenvalue weighted by molar-refractivity contribution is 0.0925. The molecule has 33 heavy (non-hydrogen) atoms. The van der Waals surface area contributed by atoms with E-state index in [9.17, 15) is 18.8 Å². The van der Waals surface area contributed by atoms with E-state index in [2.05, 4.69) is 15.6 Å². The van der Waals surface area contributed by atoms with Gasteiger partial charge in [-0.25, -0.2) is 14.0 Å². The molecule has 0 saturated carbocycles. The predicted octanol–water partition coefficient (Wildman–Crippen LogP) is 3.77. The number of carbonyl (C=O) groups is 3. The maximum Gasteiger partial charge on any atom is 0.278 e. The highest BCUT2D eigenvalue weighted by Gasteiger charge is 2.36. The highest BCUT2D eigenvalue weighted by molar-refractivity contribution is 6.34. The van der Waals surface area contributed by atoms with Crippen LogP contribution in [-0.2, 0) is 0 Å². The highest BCUT2D eigenvalue weighted by atomic mass is 19.1. The number of imide groups is 1. The summed E-state index contributed by atoms with van der Waals surface area (Å²) in [4.78, 5) is 39.4. The van der Waals surface area contributed by atoms with Crippen molar-refractivity contribution >= 4 is 29.1 Å². The van der Waals surface area contributed by atoms with Crippen LogP contribution in [0.25, 0.3) is 5.69 Å². The van der Waals surface area contributed by atoms with E-state index in [1.807, 2.05) is 0 Å². The van der Waals surface area contributed by atoms with Crippen LogP contribution in [0.5, 0.6) is 0 Å². The summed E-state index contributed by atoms with van der Waals surface area (Å²) in [6.07, 6.45) is 0. The first-order valence-electron chi connectivity index (χ1n) is 10.0. The van der Waals surface area contributed by atoms with Gasteiger partial charge in [0.25, 0.3) is 17.7 Å². The molecule has 0 radical (unpaired) electrons. The number of amides is 3. The summed E-state index contributed by atoms with van der Waals surface area (Å²) >= 11 is 0. The molecule has 0 unspecified atom stereocenters. The van der Waals surface area contributed by atoms with E-state index >= 15 is 0 Å². The normalized spacial score (nSPS) is 12.7. The molecule has 9 heteroatoms. The Bertz CT molecular complexity index is 1390. The Balaban J connectivity index is 1.39. The zero-order chi connectivity index (χ0) is 23.1. The summed E-state index contributed by atoms with van der Waals surface area (Å²) in [5, 5.41) is 10.7. The van der Waals surface area contributed by atoms with Crippen LogP contribution in [0.2, 0.25) is 0 Å². The van der Waals surface area contributed by atoms with E-state index in [-0.39, 0.29) is 11.5 Å². The largest absolute Gasteiger partial charge is 0.320 e. The molecule has 8 nitrogen and oxygen atoms in total. The number of carbonyl (C=O) groups excluding carboxylic acids is 3. The summed E-state index contributed by atoms with van der Waals surface area (Å²) in [6.45, 7) is 1.67. The number of benzene rings is 3. The van der Waals surface area contributed by atoms with Gasteiger partial charge in [0.1, 0.15) is 5.82 Å². The fourth-order valence-corrected chi connectivity index (χ4v) is 3.70. The number of aromatic nitrogens is 3. The van der Waals surface area contributed by atoms with Gasteiger partial charge in [-0.2, -0.15) is 0 Å². The van der Waals surface area contributed by atoms with E-state index in [1.165, 1.54) is 28.9 Å². The standard InChI is InChI=1S/C24H16FN5O3/c1-14-21(27-28-30(14)17-11-9-15(25)10-12-17)22(31)26-16-5-4-6-18(13-16)29-23(32)19-7-2-3-8-20(19)24(29)33/h2-13H,1H3,(H,26,31). The lowest BCUT2D eigenvalue weighted by atomic mass is 10.1. The molecule has 0 spiro atoms. The van der Waals surface area contributed by atoms with Crippen LogP contribution in [0, 0.1) is 12.7 Å². The summed E-state index contributed by atoms with van der Waals surface area (Å²) in [5.74, 6) is -1.73. The van der Waals surface area contributed by atoms with Crippen LogP contribution in [-0.4, -0.2) is 32.7 Å². The van der Waals surface area contributed by atoms with Crippen molar-refractivity contribution < 1.29 is 18.8 Å². The Labute approximate surface area is 187 Å². The van der Waals surface area contributed by atoms with Crippen molar-refractivity contribution in [2.45, 2.75) is 6.92 Å². The molecule has 3 amide bonds. The molecule has 0 atom stereocenters. The van der Waals surface area contributed by atoms with Gasteiger partial charge < -0.3 is 5.32 Å². The number of nitrogens with one attached hydrogen (secondary N) is 1. The van der Waals surface area contributed by atoms with Gasteiger partial charge in [-0.1, -0.05) is 23.4 Å². The zero-order valence-electron chi connectivity index (χ0n) is 17.3. The quantitative estimate of drug-likeness (QED) is 0.487. The fraction of sp³-hybridized carbons (Fsp3) is 0.0417. The minimum Gasteiger partial charge on any atom is -0.320 e. The third-order valence-electron chi connectivity index (χ3n) is 5.34. The van der Waals surface area contributed by atoms with Crippen molar-refractivity contribution in [3.05, 3.63) is 101 Å². The van der Waals surface area contributed by atoms with Crippen molar-refractivity contribution in [1.82, 2.24) is 15.0 Å². The number of anilines is 2. The fourth-order valence-electron chi connectivity index (χ4n) is 3.70. The van der Waals surface area contributed by atoms with Gasteiger partial charge >= 0.3 is 0 Å². The second kappa shape index (κ2) is 7.79. The maximum absolute atomic E-state index is 13.2. The Morgan fingerprint density at radius 3 is 2.21 bits per heavy atom. The average molecular weight is 441 g/mol. The molecule has 162 valence electrons. The van der Waals surface area contributed by atoms with Crippen molar-refractivity contribution in [1.29, 1.82) is 0 Å². The van der Waals surface area contributed by atoms with E-state index in [0.29, 0.717) is 33.9 Å². The second-order valence-electron chi connectivity index (χ2n) is 7.41. The lowest BCUT2D eigenvalue weighted by Crippen LogP contribution is -2.29. The van der Waals surface area contributed by atoms with Gasteiger partial charge in [0.05, 0.1) is 28.2 Å². The molecule has 0 aliphatic carbocycles. The van der Waals surface area contributed by atoms with E-state index in [4.69, 9.17) is 0 Å². The van der Waals surface area contributed by atoms with Gasteiger partial charge in [-0.15, -0.1) is 5.10 Å². The number of hydrogen-bond acceptors (Lipinski definition) is 5. The summed E-state index contributed by atoms with van der Waals surface area (Å²) in [7, 11) is 0. The molecular weight excluding hydrogens is 425 g/mol. The minimum atomic E-state index is -0.514. The molecule has 0 saturated heterocycles. The smallest absolute Gasteiger partial charge is 0.278 e.